The summed E-state index contributed by atoms with van der Waals surface area (Å²) in [6, 6.07) is 23.5. The van der Waals surface area contributed by atoms with Crippen LogP contribution in [0.15, 0.2) is 85.1 Å². The highest BCUT2D eigenvalue weighted by Gasteiger charge is 2.33. The van der Waals surface area contributed by atoms with Crippen LogP contribution in [0.2, 0.25) is 0 Å². The van der Waals surface area contributed by atoms with Crippen LogP contribution in [0.25, 0.3) is 10.9 Å². The number of aromatic nitrogens is 1. The fraction of sp³-hybridized carbons (Fsp3) is 0.207. The molecule has 0 spiro atoms. The molecule has 8 nitrogen and oxygen atoms in total. The summed E-state index contributed by atoms with van der Waals surface area (Å²) in [5, 5.41) is 6.73. The van der Waals surface area contributed by atoms with E-state index < -0.39 is 6.04 Å². The molecule has 37 heavy (non-hydrogen) atoms. The molecule has 1 fully saturated rings. The van der Waals surface area contributed by atoms with E-state index in [4.69, 9.17) is 4.74 Å². The summed E-state index contributed by atoms with van der Waals surface area (Å²) < 4.78 is 5.83. The molecular formula is C29H28N4O4. The van der Waals surface area contributed by atoms with E-state index in [0.717, 1.165) is 27.9 Å². The highest BCUT2D eigenvalue weighted by molar-refractivity contribution is 5.97. The number of amides is 3. The Morgan fingerprint density at radius 2 is 1.70 bits per heavy atom. The van der Waals surface area contributed by atoms with Crippen LogP contribution >= 0.6 is 0 Å². The van der Waals surface area contributed by atoms with Gasteiger partial charge in [-0.3, -0.25) is 14.4 Å². The zero-order chi connectivity index (χ0) is 25.8. The highest BCUT2D eigenvalue weighted by atomic mass is 16.5. The molecule has 3 N–H and O–H groups in total. The van der Waals surface area contributed by atoms with Gasteiger partial charge in [-0.1, -0.05) is 36.4 Å². The lowest BCUT2D eigenvalue weighted by Crippen LogP contribution is -2.50. The summed E-state index contributed by atoms with van der Waals surface area (Å²) in [6.45, 7) is 1.74. The number of fused-ring (bicyclic) bond motifs is 1. The van der Waals surface area contributed by atoms with E-state index in [-0.39, 0.29) is 30.2 Å². The number of nitrogens with zero attached hydrogens (tertiary/aromatic N) is 1. The number of hydrogen-bond acceptors (Lipinski definition) is 4. The number of benzene rings is 3. The first-order chi connectivity index (χ1) is 18.0. The second-order valence-electron chi connectivity index (χ2n) is 9.14. The van der Waals surface area contributed by atoms with E-state index in [2.05, 4.69) is 15.6 Å². The summed E-state index contributed by atoms with van der Waals surface area (Å²) in [4.78, 5) is 42.7. The highest BCUT2D eigenvalue weighted by Crippen LogP contribution is 2.27. The number of aromatic amines is 1. The molecule has 2 unspecified atom stereocenters. The minimum Gasteiger partial charge on any atom is -0.457 e. The van der Waals surface area contributed by atoms with Gasteiger partial charge in [-0.2, -0.15) is 0 Å². The van der Waals surface area contributed by atoms with Gasteiger partial charge in [0, 0.05) is 49.1 Å². The number of H-pyrrole nitrogens is 1. The first-order valence-electron chi connectivity index (χ1n) is 12.2. The molecule has 0 aliphatic carbocycles. The average molecular weight is 497 g/mol. The first-order valence-corrected chi connectivity index (χ1v) is 12.2. The Morgan fingerprint density at radius 1 is 1.00 bits per heavy atom. The van der Waals surface area contributed by atoms with Crippen molar-refractivity contribution in [2.75, 3.05) is 11.4 Å². The van der Waals surface area contributed by atoms with E-state index >= 15 is 0 Å². The minimum absolute atomic E-state index is 0.0743. The van der Waals surface area contributed by atoms with Gasteiger partial charge >= 0.3 is 0 Å². The molecule has 1 aliphatic rings. The molecule has 0 saturated carbocycles. The summed E-state index contributed by atoms with van der Waals surface area (Å²) in [7, 11) is 0. The van der Waals surface area contributed by atoms with Crippen LogP contribution in [-0.2, 0) is 20.8 Å². The third-order valence-electron chi connectivity index (χ3n) is 6.39. The van der Waals surface area contributed by atoms with Crippen LogP contribution in [0.4, 0.5) is 5.69 Å². The molecular weight excluding hydrogens is 468 g/mol. The van der Waals surface area contributed by atoms with Gasteiger partial charge in [0.05, 0.1) is 6.04 Å². The zero-order valence-corrected chi connectivity index (χ0v) is 20.4. The monoisotopic (exact) mass is 496 g/mol. The predicted molar refractivity (Wildman–Crippen MR) is 141 cm³/mol. The van der Waals surface area contributed by atoms with Crippen molar-refractivity contribution in [3.63, 3.8) is 0 Å². The number of nitrogens with one attached hydrogen (secondary N) is 3. The topological polar surface area (TPSA) is 104 Å². The van der Waals surface area contributed by atoms with E-state index in [1.807, 2.05) is 85.1 Å². The third kappa shape index (κ3) is 5.64. The van der Waals surface area contributed by atoms with Crippen LogP contribution in [0.3, 0.4) is 0 Å². The second kappa shape index (κ2) is 10.6. The fourth-order valence-corrected chi connectivity index (χ4v) is 4.65. The summed E-state index contributed by atoms with van der Waals surface area (Å²) in [6.07, 6.45) is 2.38. The minimum atomic E-state index is -0.754. The number of para-hydroxylation sites is 2. The Hall–Kier alpha value is -4.59. The summed E-state index contributed by atoms with van der Waals surface area (Å²) in [5.74, 6) is 0.724. The van der Waals surface area contributed by atoms with Crippen molar-refractivity contribution in [2.45, 2.75) is 31.8 Å². The molecule has 2 heterocycles. The Kier molecular flexibility index (Phi) is 6.89. The average Bonchev–Trinajstić information content (AvgIpc) is 3.47. The van der Waals surface area contributed by atoms with Crippen molar-refractivity contribution in [2.24, 2.45) is 0 Å². The number of anilines is 1. The number of hydrogen-bond donors (Lipinski definition) is 3. The van der Waals surface area contributed by atoms with Crippen molar-refractivity contribution in [1.29, 1.82) is 0 Å². The molecule has 1 saturated heterocycles. The molecule has 3 aromatic carbocycles. The molecule has 1 aliphatic heterocycles. The first kappa shape index (κ1) is 24.1. The molecule has 5 rings (SSSR count). The molecule has 1 aromatic heterocycles. The molecule has 2 atom stereocenters. The van der Waals surface area contributed by atoms with Crippen LogP contribution in [-0.4, -0.2) is 41.3 Å². The normalized spacial score (nSPS) is 16.0. The molecule has 0 radical (unpaired) electrons. The van der Waals surface area contributed by atoms with Crippen LogP contribution in [0.5, 0.6) is 11.5 Å². The smallest absolute Gasteiger partial charge is 0.243 e. The fourth-order valence-electron chi connectivity index (χ4n) is 4.65. The van der Waals surface area contributed by atoms with E-state index in [0.29, 0.717) is 18.7 Å². The Labute approximate surface area is 214 Å². The maximum Gasteiger partial charge on any atom is 0.243 e. The second-order valence-corrected chi connectivity index (χ2v) is 9.14. The zero-order valence-electron chi connectivity index (χ0n) is 20.4. The molecule has 4 aromatic rings. The lowest BCUT2D eigenvalue weighted by Gasteiger charge is -2.21. The number of rotatable bonds is 8. The predicted octanol–water partition coefficient (Wildman–Crippen LogP) is 3.93. The largest absolute Gasteiger partial charge is 0.457 e. The van der Waals surface area contributed by atoms with Crippen molar-refractivity contribution >= 4 is 34.3 Å². The molecule has 188 valence electrons. The van der Waals surface area contributed by atoms with E-state index in [1.165, 1.54) is 6.92 Å². The molecule has 0 bridgehead atoms. The third-order valence-corrected chi connectivity index (χ3v) is 6.39. The van der Waals surface area contributed by atoms with Crippen molar-refractivity contribution in [3.05, 3.63) is 90.6 Å². The lowest BCUT2D eigenvalue weighted by atomic mass is 10.0. The maximum atomic E-state index is 13.2. The van der Waals surface area contributed by atoms with Crippen LogP contribution < -0.4 is 20.3 Å². The number of ether oxygens (including phenoxy) is 1. The Morgan fingerprint density at radius 3 is 2.46 bits per heavy atom. The number of carbonyl (C=O) groups excluding carboxylic acids is 3. The SMILES string of the molecule is CC(=O)NC(Cc1c[nH]c2ccccc12)C(=O)NC1CC(=O)N(c2ccc(Oc3ccccc3)cc2)C1. The van der Waals surface area contributed by atoms with Gasteiger partial charge in [-0.05, 0) is 48.0 Å². The van der Waals surface area contributed by atoms with E-state index in [9.17, 15) is 14.4 Å². The van der Waals surface area contributed by atoms with Gasteiger partial charge < -0.3 is 25.3 Å². The van der Waals surface area contributed by atoms with Gasteiger partial charge in [0.25, 0.3) is 0 Å². The van der Waals surface area contributed by atoms with Crippen molar-refractivity contribution in [3.8, 4) is 11.5 Å². The Bertz CT molecular complexity index is 1410. The summed E-state index contributed by atoms with van der Waals surface area (Å²) >= 11 is 0. The molecule has 3 amide bonds. The van der Waals surface area contributed by atoms with Crippen LogP contribution in [0, 0.1) is 0 Å². The van der Waals surface area contributed by atoms with Gasteiger partial charge in [0.15, 0.2) is 0 Å². The summed E-state index contributed by atoms with van der Waals surface area (Å²) in [5.41, 5.74) is 2.64. The van der Waals surface area contributed by atoms with Gasteiger partial charge in [0.1, 0.15) is 17.5 Å². The van der Waals surface area contributed by atoms with Gasteiger partial charge in [-0.15, -0.1) is 0 Å². The van der Waals surface area contributed by atoms with Crippen molar-refractivity contribution < 1.29 is 19.1 Å². The Balaban J connectivity index is 1.23. The quantitative estimate of drug-likeness (QED) is 0.344. The standard InChI is InChI=1S/C29H28N4O4/c1-19(34)31-27(15-20-17-30-26-10-6-5-9-25(20)26)29(36)32-21-16-28(35)33(18-21)22-11-13-24(14-12-22)37-23-7-3-2-4-8-23/h2-14,17,21,27,30H,15-16,18H2,1H3,(H,31,34)(H,32,36). The number of carbonyl (C=O) groups is 3. The van der Waals surface area contributed by atoms with Crippen molar-refractivity contribution in [1.82, 2.24) is 15.6 Å². The van der Waals surface area contributed by atoms with Gasteiger partial charge in [0.2, 0.25) is 17.7 Å². The molecule has 8 heteroatoms. The van der Waals surface area contributed by atoms with Crippen LogP contribution in [0.1, 0.15) is 18.9 Å². The maximum absolute atomic E-state index is 13.2. The van der Waals surface area contributed by atoms with E-state index in [1.54, 1.807) is 4.90 Å². The van der Waals surface area contributed by atoms with Gasteiger partial charge in [-0.25, -0.2) is 0 Å². The lowest BCUT2D eigenvalue weighted by molar-refractivity contribution is -0.128.